The molecule has 4 atom stereocenters. The van der Waals surface area contributed by atoms with E-state index >= 15 is 0 Å². The molecule has 2 aromatic heterocycles. The van der Waals surface area contributed by atoms with Gasteiger partial charge in [0.25, 0.3) is 11.8 Å². The van der Waals surface area contributed by atoms with E-state index in [2.05, 4.69) is 25.9 Å². The van der Waals surface area contributed by atoms with Crippen molar-refractivity contribution < 1.29 is 33.4 Å². The van der Waals surface area contributed by atoms with Crippen molar-refractivity contribution in [3.05, 3.63) is 120 Å². The highest BCUT2D eigenvalue weighted by Gasteiger charge is 2.38. The molecule has 3 aromatic carbocycles. The Kier molecular flexibility index (Phi) is 11.7. The van der Waals surface area contributed by atoms with Crippen LogP contribution in [0.4, 0.5) is 9.59 Å². The van der Waals surface area contributed by atoms with Gasteiger partial charge in [-0.2, -0.15) is 0 Å². The summed E-state index contributed by atoms with van der Waals surface area (Å²) in [6.07, 6.45) is 3.19. The molecule has 0 saturated carbocycles. The van der Waals surface area contributed by atoms with Gasteiger partial charge >= 0.3 is 12.2 Å². The van der Waals surface area contributed by atoms with Crippen LogP contribution < -0.4 is 16.0 Å². The number of amides is 5. The van der Waals surface area contributed by atoms with E-state index in [1.165, 1.54) is 14.2 Å². The van der Waals surface area contributed by atoms with Gasteiger partial charge in [0.05, 0.1) is 31.3 Å². The number of nitrogens with zero attached hydrogens (tertiary/aromatic N) is 4. The lowest BCUT2D eigenvalue weighted by atomic mass is 10.1. The van der Waals surface area contributed by atoms with E-state index in [0.717, 1.165) is 35.0 Å². The van der Waals surface area contributed by atoms with Crippen molar-refractivity contribution in [3.8, 4) is 11.1 Å². The number of H-pyrrole nitrogens is 1. The minimum absolute atomic E-state index is 0.227. The molecule has 7 rings (SSSR count). The number of rotatable bonds is 11. The third-order valence-electron chi connectivity index (χ3n) is 10.5. The highest BCUT2D eigenvalue weighted by Crippen LogP contribution is 2.35. The first-order valence-electron chi connectivity index (χ1n) is 18.9. The van der Waals surface area contributed by atoms with Crippen molar-refractivity contribution in [1.82, 2.24) is 40.7 Å². The van der Waals surface area contributed by atoms with E-state index in [1.807, 2.05) is 48.5 Å². The topological polar surface area (TPSA) is 188 Å². The van der Waals surface area contributed by atoms with Crippen LogP contribution in [0.25, 0.3) is 22.2 Å². The van der Waals surface area contributed by atoms with Gasteiger partial charge in [-0.3, -0.25) is 19.4 Å². The second-order valence-electron chi connectivity index (χ2n) is 14.0. The van der Waals surface area contributed by atoms with Gasteiger partial charge in [0.15, 0.2) is 0 Å². The number of nitrogens with one attached hydrogen (secondary N) is 4. The number of aromatic amines is 1. The van der Waals surface area contributed by atoms with Gasteiger partial charge in [-0.15, -0.1) is 0 Å². The summed E-state index contributed by atoms with van der Waals surface area (Å²) in [6, 6.07) is 24.9. The molecule has 15 nitrogen and oxygen atoms in total. The predicted octanol–water partition coefficient (Wildman–Crippen LogP) is 5.20. The Balaban J connectivity index is 1.00. The number of fused-ring (bicyclic) bond motifs is 1. The molecule has 0 aliphatic carbocycles. The minimum atomic E-state index is -0.923. The Hall–Kier alpha value is -6.77. The molecule has 15 heteroatoms. The van der Waals surface area contributed by atoms with Gasteiger partial charge in [0, 0.05) is 37.4 Å². The molecular weight excluding hydrogens is 729 g/mol. The summed E-state index contributed by atoms with van der Waals surface area (Å²) in [4.78, 5) is 81.3. The molecule has 2 saturated heterocycles. The fourth-order valence-electron chi connectivity index (χ4n) is 7.57. The van der Waals surface area contributed by atoms with E-state index < -0.39 is 24.3 Å². The number of aromatic nitrogens is 3. The molecule has 57 heavy (non-hydrogen) atoms. The lowest BCUT2D eigenvalue weighted by molar-refractivity contribution is -0.135. The second kappa shape index (κ2) is 17.4. The van der Waals surface area contributed by atoms with Crippen LogP contribution in [-0.2, 0) is 19.1 Å². The number of methoxy groups -OCH3 is 2. The highest BCUT2D eigenvalue weighted by atomic mass is 16.5. The van der Waals surface area contributed by atoms with Crippen molar-refractivity contribution in [2.24, 2.45) is 0 Å². The van der Waals surface area contributed by atoms with Gasteiger partial charge in [0.1, 0.15) is 23.6 Å². The van der Waals surface area contributed by atoms with Gasteiger partial charge in [0.2, 0.25) is 5.91 Å². The Morgan fingerprint density at radius 1 is 0.754 bits per heavy atom. The van der Waals surface area contributed by atoms with Crippen LogP contribution in [0.3, 0.4) is 0 Å². The molecular formula is C42H44N8O7. The van der Waals surface area contributed by atoms with Crippen LogP contribution in [-0.4, -0.2) is 94.6 Å². The van der Waals surface area contributed by atoms with E-state index in [9.17, 15) is 24.0 Å². The molecule has 0 spiro atoms. The maximum Gasteiger partial charge on any atom is 0.407 e. The average molecular weight is 773 g/mol. The summed E-state index contributed by atoms with van der Waals surface area (Å²) >= 11 is 0. The van der Waals surface area contributed by atoms with Crippen molar-refractivity contribution in [2.75, 3.05) is 33.9 Å². The Morgan fingerprint density at radius 2 is 1.35 bits per heavy atom. The summed E-state index contributed by atoms with van der Waals surface area (Å²) in [5.41, 5.74) is 4.69. The predicted molar refractivity (Wildman–Crippen MR) is 210 cm³/mol. The molecule has 4 N–H and O–H groups in total. The second-order valence-corrected chi connectivity index (χ2v) is 14.0. The third kappa shape index (κ3) is 8.57. The zero-order valence-electron chi connectivity index (χ0n) is 31.6. The number of likely N-dealkylation sites (tertiary alicyclic amines) is 2. The number of ether oxygens (including phenoxy) is 2. The smallest absolute Gasteiger partial charge is 0.407 e. The van der Waals surface area contributed by atoms with Crippen LogP contribution in [0.2, 0.25) is 0 Å². The highest BCUT2D eigenvalue weighted by molar-refractivity contribution is 5.93. The first-order chi connectivity index (χ1) is 27.7. The molecule has 5 amide bonds. The third-order valence-corrected chi connectivity index (χ3v) is 10.5. The number of hydrogen-bond donors (Lipinski definition) is 4. The van der Waals surface area contributed by atoms with Crippen LogP contribution in [0.5, 0.6) is 0 Å². The molecule has 2 aliphatic rings. The Bertz CT molecular complexity index is 2230. The van der Waals surface area contributed by atoms with Gasteiger partial charge in [-0.25, -0.2) is 14.6 Å². The summed E-state index contributed by atoms with van der Waals surface area (Å²) < 4.78 is 9.59. The first-order valence-corrected chi connectivity index (χ1v) is 18.9. The monoisotopic (exact) mass is 772 g/mol. The zero-order chi connectivity index (χ0) is 39.9. The van der Waals surface area contributed by atoms with Crippen molar-refractivity contribution in [2.45, 2.75) is 49.9 Å². The molecule has 4 heterocycles. The molecule has 0 bridgehead atoms. The number of benzene rings is 3. The number of alkyl carbamates (subject to hydrolysis) is 2. The maximum absolute atomic E-state index is 13.9. The number of imidazole rings is 1. The van der Waals surface area contributed by atoms with Gasteiger partial charge in [-0.05, 0) is 60.6 Å². The molecule has 4 unspecified atom stereocenters. The van der Waals surface area contributed by atoms with Crippen molar-refractivity contribution in [1.29, 1.82) is 0 Å². The average Bonchev–Trinajstić information content (AvgIpc) is 4.04. The van der Waals surface area contributed by atoms with E-state index in [0.29, 0.717) is 42.9 Å². The molecule has 5 aromatic rings. The normalized spacial score (nSPS) is 17.4. The van der Waals surface area contributed by atoms with Crippen molar-refractivity contribution >= 4 is 40.9 Å². The fourth-order valence-corrected chi connectivity index (χ4v) is 7.57. The van der Waals surface area contributed by atoms with E-state index in [4.69, 9.17) is 14.5 Å². The van der Waals surface area contributed by atoms with Crippen LogP contribution >= 0.6 is 0 Å². The number of carbonyl (C=O) groups excluding carboxylic acids is 5. The van der Waals surface area contributed by atoms with Crippen LogP contribution in [0.15, 0.2) is 97.2 Å². The molecule has 2 fully saturated rings. The minimum Gasteiger partial charge on any atom is -0.453 e. The summed E-state index contributed by atoms with van der Waals surface area (Å²) in [7, 11) is 2.51. The SMILES string of the molecule is COC(=O)NC(C(=O)N1CCCC1CNC(=O)c1ccc(-c2ccc3nc(C4CCCN4C(=O)C(NC(=O)OC)c4ccccc4)[nH]c3c2)cn1)c1ccccc1. The lowest BCUT2D eigenvalue weighted by Gasteiger charge is -2.29. The summed E-state index contributed by atoms with van der Waals surface area (Å²) in [5, 5.41) is 8.28. The molecule has 2 aliphatic heterocycles. The number of carbonyl (C=O) groups is 5. The summed E-state index contributed by atoms with van der Waals surface area (Å²) in [6.45, 7) is 1.25. The van der Waals surface area contributed by atoms with Crippen molar-refractivity contribution in [3.63, 3.8) is 0 Å². The number of pyridine rings is 1. The van der Waals surface area contributed by atoms with Crippen LogP contribution in [0.1, 0.15) is 71.2 Å². The fraction of sp³-hybridized carbons (Fsp3) is 0.310. The zero-order valence-corrected chi connectivity index (χ0v) is 31.6. The molecule has 294 valence electrons. The Labute approximate surface area is 329 Å². The quantitative estimate of drug-likeness (QED) is 0.140. The van der Waals surface area contributed by atoms with E-state index in [-0.39, 0.29) is 42.0 Å². The largest absolute Gasteiger partial charge is 0.453 e. The first kappa shape index (κ1) is 38.5. The summed E-state index contributed by atoms with van der Waals surface area (Å²) in [5.74, 6) is -0.232. The van der Waals surface area contributed by atoms with Gasteiger partial charge < -0.3 is 40.2 Å². The van der Waals surface area contributed by atoms with Gasteiger partial charge in [-0.1, -0.05) is 72.8 Å². The van der Waals surface area contributed by atoms with Crippen LogP contribution in [0, 0.1) is 0 Å². The Morgan fingerprint density at radius 3 is 1.96 bits per heavy atom. The molecule has 0 radical (unpaired) electrons. The van der Waals surface area contributed by atoms with E-state index in [1.54, 1.807) is 58.5 Å². The maximum atomic E-state index is 13.9. The lowest BCUT2D eigenvalue weighted by Crippen LogP contribution is -2.48. The standard InChI is InChI=1S/C42H44N8O7/c1-56-41(54)47-35(26-11-5-3-6-12-26)39(52)49-21-9-15-30(49)25-44-38(51)32-20-18-29(24-43-32)28-17-19-31-33(23-28)46-37(45-31)34-16-10-22-50(34)40(53)36(48-42(55)57-2)27-13-7-4-8-14-27/h3-8,11-14,17-20,23-24,30,34-36H,9-10,15-16,21-22,25H2,1-2H3,(H,44,51)(H,45,46)(H,47,54)(H,48,55). The number of hydrogen-bond acceptors (Lipinski definition) is 9.